The van der Waals surface area contributed by atoms with Gasteiger partial charge in [-0.1, -0.05) is 31.1 Å². The second-order valence-electron chi connectivity index (χ2n) is 20.9. The third-order valence-corrected chi connectivity index (χ3v) is 18.7. The van der Waals surface area contributed by atoms with Crippen molar-refractivity contribution in [1.29, 1.82) is 0 Å². The maximum Gasteiger partial charge on any atom is 0.407 e. The van der Waals surface area contributed by atoms with Gasteiger partial charge in [-0.25, -0.2) is 26.4 Å². The second kappa shape index (κ2) is 21.1. The molecular formula is C51H72F3N7O5S. The predicted molar refractivity (Wildman–Crippen MR) is 254 cm³/mol. The van der Waals surface area contributed by atoms with Gasteiger partial charge in [0.1, 0.15) is 23.4 Å². The first-order chi connectivity index (χ1) is 32.4. The normalized spacial score (nSPS) is 26.0. The average molecular weight is 952 g/mol. The van der Waals surface area contributed by atoms with Gasteiger partial charge in [-0.05, 0) is 131 Å². The van der Waals surface area contributed by atoms with Gasteiger partial charge in [0.05, 0.1) is 12.0 Å². The third kappa shape index (κ3) is 10.9. The molecule has 1 unspecified atom stereocenters. The Bertz CT molecular complexity index is 2160. The first kappa shape index (κ1) is 48.3. The number of nitrogens with zero attached hydrogens (tertiary/aromatic N) is 6. The molecule has 12 nitrogen and oxygen atoms in total. The van der Waals surface area contributed by atoms with Crippen molar-refractivity contribution in [2.24, 2.45) is 17.8 Å². The van der Waals surface area contributed by atoms with Gasteiger partial charge in [0, 0.05) is 108 Å². The summed E-state index contributed by atoms with van der Waals surface area (Å²) < 4.78 is 77.0. The first-order valence-corrected chi connectivity index (χ1v) is 26.8. The minimum atomic E-state index is -3.73. The molecule has 2 aromatic carbocycles. The van der Waals surface area contributed by atoms with Crippen LogP contribution >= 0.6 is 0 Å². The van der Waals surface area contributed by atoms with Crippen LogP contribution in [0.4, 0.5) is 23.7 Å². The van der Waals surface area contributed by atoms with E-state index in [2.05, 4.69) is 31.0 Å². The van der Waals surface area contributed by atoms with E-state index in [1.807, 2.05) is 29.2 Å². The SMILES string of the molecule is COC(=O)N[C@H]1CCC[C@@H]1C(CN1CCC(F)CC1)(c1cccc(F)c1)C1CCN(CC2CN(c3ccc(S(=O)(=O)C4CN(C(=O)/C=C/CN5CCCCC5)C4)c(CN4CC(F)C4)c3)C2)CC1. The van der Waals surface area contributed by atoms with Crippen LogP contribution in [0.3, 0.4) is 0 Å². The van der Waals surface area contributed by atoms with Crippen LogP contribution in [0.25, 0.3) is 0 Å². The number of benzene rings is 2. The molecular weight excluding hydrogens is 880 g/mol. The van der Waals surface area contributed by atoms with Crippen LogP contribution in [0.5, 0.6) is 0 Å². The highest BCUT2D eigenvalue weighted by Crippen LogP contribution is 2.51. The minimum Gasteiger partial charge on any atom is -0.453 e. The number of halogens is 3. The van der Waals surface area contributed by atoms with Crippen LogP contribution < -0.4 is 10.2 Å². The summed E-state index contributed by atoms with van der Waals surface area (Å²) in [6, 6.07) is 12.6. The molecule has 6 aliphatic heterocycles. The summed E-state index contributed by atoms with van der Waals surface area (Å²) in [6.45, 7) is 10.5. The topological polar surface area (TPSA) is 109 Å². The Morgan fingerprint density at radius 1 is 0.791 bits per heavy atom. The number of amides is 2. The van der Waals surface area contributed by atoms with Gasteiger partial charge in [-0.3, -0.25) is 14.6 Å². The van der Waals surface area contributed by atoms with Crippen LogP contribution in [0, 0.1) is 23.6 Å². The Morgan fingerprint density at radius 2 is 1.52 bits per heavy atom. The molecule has 6 saturated heterocycles. The fourth-order valence-corrected chi connectivity index (χ4v) is 14.6. The molecule has 1 aliphatic carbocycles. The number of alkyl halides is 2. The summed E-state index contributed by atoms with van der Waals surface area (Å²) >= 11 is 0. The highest BCUT2D eigenvalue weighted by molar-refractivity contribution is 7.92. The monoisotopic (exact) mass is 952 g/mol. The lowest BCUT2D eigenvalue weighted by atomic mass is 9.58. The number of piperidine rings is 3. The number of hydrogen-bond acceptors (Lipinski definition) is 10. The minimum absolute atomic E-state index is 0.0631. The maximum absolute atomic E-state index is 15.3. The zero-order valence-electron chi connectivity index (χ0n) is 39.4. The fourth-order valence-electron chi connectivity index (χ4n) is 12.7. The summed E-state index contributed by atoms with van der Waals surface area (Å²) in [5.41, 5.74) is 2.17. The van der Waals surface area contributed by atoms with Crippen LogP contribution in [0.1, 0.15) is 75.3 Å². The number of methoxy groups -OCH3 is 1. The molecule has 6 heterocycles. The number of carbonyl (C=O) groups excluding carboxylic acids is 2. The van der Waals surface area contributed by atoms with E-state index >= 15 is 4.39 Å². The average Bonchev–Trinajstić information content (AvgIpc) is 3.75. The van der Waals surface area contributed by atoms with Crippen molar-refractivity contribution in [3.8, 4) is 0 Å². The van der Waals surface area contributed by atoms with Gasteiger partial charge in [-0.15, -0.1) is 0 Å². The Hall–Kier alpha value is -3.70. The molecule has 2 aromatic rings. The van der Waals surface area contributed by atoms with E-state index in [0.717, 1.165) is 95.7 Å². The molecule has 0 aromatic heterocycles. The molecule has 0 bridgehead atoms. The quantitative estimate of drug-likeness (QED) is 0.200. The van der Waals surface area contributed by atoms with E-state index in [-0.39, 0.29) is 60.7 Å². The van der Waals surface area contributed by atoms with E-state index in [9.17, 15) is 26.8 Å². The van der Waals surface area contributed by atoms with E-state index in [4.69, 9.17) is 4.74 Å². The number of likely N-dealkylation sites (tertiary alicyclic amines) is 5. The van der Waals surface area contributed by atoms with Gasteiger partial charge in [0.15, 0.2) is 9.84 Å². The number of alkyl carbamates (subject to hydrolysis) is 1. The molecule has 2 amide bonds. The number of anilines is 1. The lowest BCUT2D eigenvalue weighted by Gasteiger charge is -2.53. The van der Waals surface area contributed by atoms with Crippen molar-refractivity contribution < 1.29 is 35.9 Å². The number of carbonyl (C=O) groups is 2. The van der Waals surface area contributed by atoms with Crippen molar-refractivity contribution in [1.82, 2.24) is 29.8 Å². The van der Waals surface area contributed by atoms with Gasteiger partial charge < -0.3 is 29.7 Å². The fraction of sp³-hybridized carbons (Fsp3) is 0.686. The van der Waals surface area contributed by atoms with Crippen molar-refractivity contribution in [2.45, 2.75) is 105 Å². The molecule has 67 heavy (non-hydrogen) atoms. The Kier molecular flexibility index (Phi) is 15.2. The Labute approximate surface area is 396 Å². The zero-order valence-corrected chi connectivity index (χ0v) is 40.2. The Morgan fingerprint density at radius 3 is 2.22 bits per heavy atom. The van der Waals surface area contributed by atoms with Crippen molar-refractivity contribution in [2.75, 3.05) is 110 Å². The Balaban J connectivity index is 0.841. The van der Waals surface area contributed by atoms with Crippen LogP contribution in [0.15, 0.2) is 59.5 Å². The smallest absolute Gasteiger partial charge is 0.407 e. The van der Waals surface area contributed by atoms with E-state index in [1.54, 1.807) is 23.1 Å². The number of nitrogens with one attached hydrogen (secondary N) is 1. The van der Waals surface area contributed by atoms with Gasteiger partial charge in [-0.2, -0.15) is 0 Å². The lowest BCUT2D eigenvalue weighted by molar-refractivity contribution is -0.129. The van der Waals surface area contributed by atoms with Gasteiger partial charge in [0.2, 0.25) is 5.91 Å². The molecule has 9 rings (SSSR count). The third-order valence-electron chi connectivity index (χ3n) is 16.5. The van der Waals surface area contributed by atoms with Gasteiger partial charge in [0.25, 0.3) is 0 Å². The standard InChI is InChI=1S/C51H72F3N7O5S/c1-66-50(63)55-47-11-6-10-46(47)51(40-8-5-9-42(53)27-40,36-58-24-17-41(52)18-25-58)39-15-22-57(23-16-39)28-37-29-60(30-37)44-13-14-48(38(26-44)31-59-32-43(54)33-59)67(64,65)45-34-61(35-45)49(62)12-7-21-56-19-3-2-4-20-56/h5,7-9,12-14,26-27,37,39,41,43,45-47H,2-4,6,10-11,15-25,28-36H2,1H3,(H,55,63)/b12-7+/t46-,47-,51?/m0/s1. The summed E-state index contributed by atoms with van der Waals surface area (Å²) in [5.74, 6) is 0.290. The zero-order chi connectivity index (χ0) is 46.7. The van der Waals surface area contributed by atoms with Crippen molar-refractivity contribution in [3.05, 3.63) is 71.6 Å². The molecule has 16 heteroatoms. The number of ether oxygens (including phenoxy) is 1. The summed E-state index contributed by atoms with van der Waals surface area (Å²) in [5, 5.41) is 2.49. The summed E-state index contributed by atoms with van der Waals surface area (Å²) in [6.07, 6.45) is 10.4. The van der Waals surface area contributed by atoms with Crippen molar-refractivity contribution in [3.63, 3.8) is 0 Å². The van der Waals surface area contributed by atoms with E-state index in [0.29, 0.717) is 50.5 Å². The summed E-state index contributed by atoms with van der Waals surface area (Å²) in [4.78, 5) is 39.0. The van der Waals surface area contributed by atoms with Gasteiger partial charge >= 0.3 is 6.09 Å². The molecule has 7 fully saturated rings. The lowest BCUT2D eigenvalue weighted by Crippen LogP contribution is -2.59. The van der Waals surface area contributed by atoms with E-state index < -0.39 is 38.9 Å². The highest BCUT2D eigenvalue weighted by Gasteiger charge is 2.53. The largest absolute Gasteiger partial charge is 0.453 e. The summed E-state index contributed by atoms with van der Waals surface area (Å²) in [7, 11) is -2.35. The maximum atomic E-state index is 15.3. The predicted octanol–water partition coefficient (Wildman–Crippen LogP) is 6.05. The highest BCUT2D eigenvalue weighted by atomic mass is 32.2. The molecule has 7 aliphatic rings. The molecule has 3 atom stereocenters. The van der Waals surface area contributed by atoms with Crippen LogP contribution in [-0.2, 0) is 31.3 Å². The first-order valence-electron chi connectivity index (χ1n) is 25.2. The van der Waals surface area contributed by atoms with Crippen LogP contribution in [-0.4, -0.2) is 174 Å². The number of rotatable bonds is 16. The number of sulfone groups is 1. The second-order valence-corrected chi connectivity index (χ2v) is 23.1. The molecule has 1 saturated carbocycles. The molecule has 0 radical (unpaired) electrons. The molecule has 0 spiro atoms. The number of hydrogen-bond donors (Lipinski definition) is 1. The van der Waals surface area contributed by atoms with E-state index in [1.165, 1.54) is 32.4 Å². The molecule has 368 valence electrons. The molecule has 1 N–H and O–H groups in total. The van der Waals surface area contributed by atoms with Crippen LogP contribution in [0.2, 0.25) is 0 Å². The van der Waals surface area contributed by atoms with Crippen molar-refractivity contribution >= 4 is 27.5 Å².